The number of aromatic amines is 1. The molecule has 0 aliphatic heterocycles. The first-order valence-corrected chi connectivity index (χ1v) is 39.1. The average molecular weight is 1610 g/mol. The SMILES string of the molecule is CSCC[C@H](NC(=O)[C@H](C)NC(=O)[C@H](CCCN=C(N)N)NC(=O)[C@H](CCCCN)NC(=O)[C@H](Cc1c[nH]c2ccccc12)NC(=O)[C@H](CCC(N)=O)NC(=O)[C@H](Cc1ccccc1)NC(=O)[C@@H](N)CS)C(=O)N[C@@H](CCCN=C(N)N)C(=O)N[C@@H](CCCCN)C(=O)N[C@H](C(=O)N[C@@H](CCCN=C(N)N)C(=O)O)C(C)C. The van der Waals surface area contributed by atoms with Crippen molar-refractivity contribution < 1.29 is 67.4 Å². The van der Waals surface area contributed by atoms with Crippen molar-refractivity contribution >= 4 is 130 Å². The second kappa shape index (κ2) is 51.9. The van der Waals surface area contributed by atoms with Gasteiger partial charge in [0.2, 0.25) is 70.9 Å². The molecule has 2 aromatic carbocycles. The molecule has 0 spiro atoms. The maximum absolute atomic E-state index is 15.0. The fourth-order valence-electron chi connectivity index (χ4n) is 11.4. The van der Waals surface area contributed by atoms with Gasteiger partial charge in [-0.15, -0.1) is 0 Å². The summed E-state index contributed by atoms with van der Waals surface area (Å²) in [6, 6.07) is -0.952. The maximum Gasteiger partial charge on any atom is 0.326 e. The van der Waals surface area contributed by atoms with Gasteiger partial charge in [0.05, 0.1) is 6.04 Å². The number of primary amides is 1. The molecule has 0 saturated heterocycles. The second-order valence-electron chi connectivity index (χ2n) is 27.1. The maximum atomic E-state index is 15.0. The van der Waals surface area contributed by atoms with E-state index in [1.165, 1.54) is 18.7 Å². The summed E-state index contributed by atoms with van der Waals surface area (Å²) >= 11 is 5.44. The standard InChI is InChI=1S/C71H117N25O14S2/c1-39(2)56(67(108)93-52(68(109)110)25-16-33-84-71(80)81)96-64(105)47(22-11-13-30-73)88-61(102)49(24-15-32-83-70(78)79)90-63(104)51(28-34-112-4)87-57(98)40(3)86-59(100)48(23-14-31-82-69(76)77)89-60(101)46(21-10-12-29-72)91-66(107)54(36-42-37-85-45-20-9-8-19-43(42)45)95-62(103)50(26-27-55(75)97)92-65(106)53(94-58(99)44(74)38-111)35-41-17-6-5-7-18-41/h5-9,17-20,37,39-40,44,46-54,56,85,111H,10-16,21-36,38,72-74H2,1-4H3,(H2,75,97)(H,86,100)(H,87,98)(H,88,102)(H,89,101)(H,90,104)(H,91,107)(H,92,106)(H,93,108)(H,94,99)(H,95,103)(H,96,105)(H,109,110)(H4,76,77,82)(H4,78,79,83)(H4,80,81,84)/t40-,44-,46-,47-,48-,49-,50-,51-,52-,53-,54-,56-/m0/s1. The Balaban J connectivity index is 2.00. The molecule has 0 fully saturated rings. The number of carbonyl (C=O) groups is 13. The normalized spacial score (nSPS) is 14.3. The molecule has 0 unspecified atom stereocenters. The van der Waals surface area contributed by atoms with Gasteiger partial charge in [-0.1, -0.05) is 62.4 Å². The molecule has 1 heterocycles. The summed E-state index contributed by atoms with van der Waals surface area (Å²) < 4.78 is 0. The number of nitrogens with two attached hydrogens (primary N) is 10. The number of guanidine groups is 3. The van der Waals surface area contributed by atoms with Crippen molar-refractivity contribution in [2.45, 2.75) is 202 Å². The molecule has 39 nitrogen and oxygen atoms in total. The molecule has 3 rings (SSSR count). The summed E-state index contributed by atoms with van der Waals surface area (Å²) in [4.78, 5) is 197. The lowest BCUT2D eigenvalue weighted by Gasteiger charge is -2.28. The molecule has 0 saturated carbocycles. The molecule has 0 radical (unpaired) electrons. The van der Waals surface area contributed by atoms with Crippen LogP contribution in [0.4, 0.5) is 0 Å². The van der Waals surface area contributed by atoms with E-state index in [-0.39, 0.29) is 146 Å². The average Bonchev–Trinajstić information content (AvgIpc) is 1.66. The number of amides is 12. The van der Waals surface area contributed by atoms with Crippen LogP contribution < -0.4 is 116 Å². The van der Waals surface area contributed by atoms with Crippen LogP contribution in [0.1, 0.15) is 128 Å². The van der Waals surface area contributed by atoms with Crippen molar-refractivity contribution in [1.82, 2.24) is 63.5 Å². The van der Waals surface area contributed by atoms with Crippen LogP contribution in [0.15, 0.2) is 75.8 Å². The number of H-pyrrole nitrogens is 1. The van der Waals surface area contributed by atoms with Gasteiger partial charge in [0.15, 0.2) is 17.9 Å². The summed E-state index contributed by atoms with van der Waals surface area (Å²) in [7, 11) is 0. The zero-order valence-corrected chi connectivity index (χ0v) is 65.7. The summed E-state index contributed by atoms with van der Waals surface area (Å²) in [5.74, 6) is -12.8. The van der Waals surface area contributed by atoms with Crippen LogP contribution in [-0.2, 0) is 75.2 Å². The van der Waals surface area contributed by atoms with Gasteiger partial charge in [-0.2, -0.15) is 24.4 Å². The number of thiol groups is 1. The zero-order valence-electron chi connectivity index (χ0n) is 64.0. The number of hydrogen-bond acceptors (Lipinski definition) is 21. The highest BCUT2D eigenvalue weighted by molar-refractivity contribution is 7.98. The van der Waals surface area contributed by atoms with E-state index in [9.17, 15) is 62.6 Å². The number of fused-ring (bicyclic) bond motifs is 1. The first kappa shape index (κ1) is 95.7. The lowest BCUT2D eigenvalue weighted by atomic mass is 10.0. The van der Waals surface area contributed by atoms with Gasteiger partial charge in [-0.3, -0.25) is 72.5 Å². The molecule has 1 aromatic heterocycles. The number of thioether (sulfide) groups is 1. The Kier molecular flexibility index (Phi) is 44.3. The second-order valence-corrected chi connectivity index (χ2v) is 28.4. The Labute approximate surface area is 660 Å². The van der Waals surface area contributed by atoms with E-state index in [2.05, 4.69) is 91.1 Å². The van der Waals surface area contributed by atoms with Crippen molar-refractivity contribution in [2.24, 2.45) is 78.2 Å². The number of aliphatic imine (C=N–C) groups is 3. The molecule has 41 heteroatoms. The predicted octanol–water partition coefficient (Wildman–Crippen LogP) is -5.26. The topological polar surface area (TPSA) is 688 Å². The predicted molar refractivity (Wildman–Crippen MR) is 430 cm³/mol. The van der Waals surface area contributed by atoms with Gasteiger partial charge in [-0.25, -0.2) is 4.79 Å². The fraction of sp³-hybridized carbons (Fsp3) is 0.577. The van der Waals surface area contributed by atoms with E-state index in [1.54, 1.807) is 80.9 Å². The van der Waals surface area contributed by atoms with Gasteiger partial charge in [-0.05, 0) is 145 Å². The largest absolute Gasteiger partial charge is 0.480 e. The van der Waals surface area contributed by atoms with Crippen LogP contribution >= 0.6 is 24.4 Å². The van der Waals surface area contributed by atoms with Crippen molar-refractivity contribution in [1.29, 1.82) is 0 Å². The third-order valence-corrected chi connectivity index (χ3v) is 18.6. The number of aliphatic carboxylic acids is 1. The highest BCUT2D eigenvalue weighted by Gasteiger charge is 2.37. The summed E-state index contributed by atoms with van der Waals surface area (Å²) in [6.07, 6.45) is 3.59. The van der Waals surface area contributed by atoms with Crippen molar-refractivity contribution in [3.63, 3.8) is 0 Å². The Bertz CT molecular complexity index is 3650. The highest BCUT2D eigenvalue weighted by atomic mass is 32.2. The summed E-state index contributed by atoms with van der Waals surface area (Å²) in [6.45, 7) is 5.00. The van der Waals surface area contributed by atoms with Crippen molar-refractivity contribution in [3.05, 3.63) is 71.9 Å². The molecule has 3 aromatic rings. The molecule has 12 amide bonds. The molecular formula is C71H117N25O14S2. The Hall–Kier alpha value is -10.5. The minimum Gasteiger partial charge on any atom is -0.480 e. The van der Waals surface area contributed by atoms with E-state index in [0.717, 1.165) is 0 Å². The Morgan fingerprint density at radius 2 is 0.830 bits per heavy atom. The smallest absolute Gasteiger partial charge is 0.326 e. The van der Waals surface area contributed by atoms with Crippen LogP contribution in [0.5, 0.6) is 0 Å². The van der Waals surface area contributed by atoms with Crippen LogP contribution in [0.2, 0.25) is 0 Å². The lowest BCUT2D eigenvalue weighted by Crippen LogP contribution is -2.61. The number of aromatic nitrogens is 1. The molecule has 0 bridgehead atoms. The number of para-hydroxylation sites is 1. The summed E-state index contributed by atoms with van der Waals surface area (Å²) in [5.41, 5.74) is 58.3. The first-order chi connectivity index (χ1) is 53.2. The van der Waals surface area contributed by atoms with E-state index in [0.29, 0.717) is 41.3 Å². The molecule has 112 heavy (non-hydrogen) atoms. The number of unbranched alkanes of at least 4 members (excludes halogenated alkanes) is 2. The number of benzene rings is 2. The van der Waals surface area contributed by atoms with E-state index < -0.39 is 162 Å². The third-order valence-electron chi connectivity index (χ3n) is 17.6. The number of rotatable bonds is 55. The van der Waals surface area contributed by atoms with Gasteiger partial charge in [0.1, 0.15) is 66.5 Å². The van der Waals surface area contributed by atoms with E-state index >= 15 is 4.79 Å². The molecule has 622 valence electrons. The Morgan fingerprint density at radius 1 is 0.446 bits per heavy atom. The molecular weight excluding hydrogens is 1490 g/mol. The quantitative estimate of drug-likeness (QED) is 0.0109. The van der Waals surface area contributed by atoms with Crippen molar-refractivity contribution in [3.8, 4) is 0 Å². The number of nitrogens with zero attached hydrogens (tertiary/aromatic N) is 3. The molecule has 33 N–H and O–H groups in total. The van der Waals surface area contributed by atoms with Crippen molar-refractivity contribution in [2.75, 3.05) is 50.5 Å². The highest BCUT2D eigenvalue weighted by Crippen LogP contribution is 2.21. The minimum absolute atomic E-state index is 0.000964. The number of carboxylic acid groups (broad SMARTS) is 1. The molecule has 0 aliphatic rings. The minimum atomic E-state index is -1.55. The number of hydrogen-bond donors (Lipinski definition) is 24. The van der Waals surface area contributed by atoms with E-state index in [1.807, 2.05) is 0 Å². The number of carboxylic acids is 1. The van der Waals surface area contributed by atoms with E-state index in [4.69, 9.17) is 57.3 Å². The van der Waals surface area contributed by atoms with Crippen LogP contribution in [0, 0.1) is 5.92 Å². The Morgan fingerprint density at radius 3 is 1.28 bits per heavy atom. The van der Waals surface area contributed by atoms with Gasteiger partial charge < -0.3 is 126 Å². The van der Waals surface area contributed by atoms with Gasteiger partial charge >= 0.3 is 5.97 Å². The van der Waals surface area contributed by atoms with Crippen LogP contribution in [0.3, 0.4) is 0 Å². The van der Waals surface area contributed by atoms with Crippen LogP contribution in [-0.4, -0.2) is 228 Å². The summed E-state index contributed by atoms with van der Waals surface area (Å²) in [5, 5.41) is 39.8. The third kappa shape index (κ3) is 36.1. The first-order valence-electron chi connectivity index (χ1n) is 37.1. The molecule has 0 aliphatic carbocycles. The monoisotopic (exact) mass is 1610 g/mol. The van der Waals surface area contributed by atoms with Gasteiger partial charge in [0, 0.05) is 61.7 Å². The number of nitrogens with one attached hydrogen (secondary N) is 12. The van der Waals surface area contributed by atoms with Crippen LogP contribution in [0.25, 0.3) is 10.9 Å². The van der Waals surface area contributed by atoms with Gasteiger partial charge in [0.25, 0.3) is 0 Å². The molecule has 12 atom stereocenters. The fourth-order valence-corrected chi connectivity index (χ4v) is 12.0. The lowest BCUT2D eigenvalue weighted by molar-refractivity contribution is -0.143. The number of carbonyl (C=O) groups excluding carboxylic acids is 12. The zero-order chi connectivity index (χ0) is 83.4.